The van der Waals surface area contributed by atoms with Crippen molar-refractivity contribution >= 4 is 0 Å². The predicted octanol–water partition coefficient (Wildman–Crippen LogP) is 1.36. The van der Waals surface area contributed by atoms with Gasteiger partial charge in [-0.1, -0.05) is 6.92 Å². The largest absolute Gasteiger partial charge is 0.382 e. The van der Waals surface area contributed by atoms with Crippen molar-refractivity contribution in [2.45, 2.75) is 27.2 Å². The molecule has 0 fully saturated rings. The molecule has 0 radical (unpaired) electrons. The Morgan fingerprint density at radius 1 is 0.882 bits per heavy atom. The number of rotatable bonds is 13. The summed E-state index contributed by atoms with van der Waals surface area (Å²) in [7, 11) is 0. The van der Waals surface area contributed by atoms with E-state index in [9.17, 15) is 0 Å². The van der Waals surface area contributed by atoms with Crippen LogP contribution in [0.3, 0.4) is 0 Å². The summed E-state index contributed by atoms with van der Waals surface area (Å²) in [5, 5.41) is 3.44. The number of hydrogen-bond donors (Lipinski definition) is 1. The van der Waals surface area contributed by atoms with Gasteiger partial charge < -0.3 is 19.7 Å². The average Bonchev–Trinajstić information content (AvgIpc) is 2.35. The van der Waals surface area contributed by atoms with Gasteiger partial charge in [-0.15, -0.1) is 0 Å². The second-order valence-corrected chi connectivity index (χ2v) is 3.93. The third-order valence-corrected chi connectivity index (χ3v) is 2.65. The molecule has 0 aromatic heterocycles. The summed E-state index contributed by atoms with van der Waals surface area (Å²) in [6.45, 7) is 14.9. The standard InChI is InChI=1S/C13H30N2O2/c1-4-15(11-13-17-6-3)10-9-14-8-7-12-16-5-2/h14H,4-13H2,1-3H3. The predicted molar refractivity (Wildman–Crippen MR) is 72.6 cm³/mol. The van der Waals surface area contributed by atoms with Crippen LogP contribution in [-0.2, 0) is 9.47 Å². The van der Waals surface area contributed by atoms with Crippen LogP contribution in [0.15, 0.2) is 0 Å². The number of ether oxygens (including phenoxy) is 2. The van der Waals surface area contributed by atoms with Crippen LogP contribution in [0.4, 0.5) is 0 Å². The van der Waals surface area contributed by atoms with Gasteiger partial charge in [0.1, 0.15) is 0 Å². The molecule has 0 bridgehead atoms. The molecule has 1 N–H and O–H groups in total. The molecule has 17 heavy (non-hydrogen) atoms. The molecule has 0 spiro atoms. The molecule has 0 aliphatic heterocycles. The fourth-order valence-corrected chi connectivity index (χ4v) is 1.57. The van der Waals surface area contributed by atoms with Crippen molar-refractivity contribution in [2.75, 3.05) is 59.2 Å². The van der Waals surface area contributed by atoms with Gasteiger partial charge in [0.2, 0.25) is 0 Å². The average molecular weight is 246 g/mol. The Kier molecular flexibility index (Phi) is 13.8. The maximum absolute atomic E-state index is 5.36. The maximum Gasteiger partial charge on any atom is 0.0593 e. The van der Waals surface area contributed by atoms with Crippen molar-refractivity contribution in [3.8, 4) is 0 Å². The number of nitrogens with zero attached hydrogens (tertiary/aromatic N) is 1. The SMILES string of the molecule is CCOCCCNCCN(CC)CCOCC. The van der Waals surface area contributed by atoms with E-state index >= 15 is 0 Å². The number of nitrogens with one attached hydrogen (secondary N) is 1. The molecule has 0 aromatic carbocycles. The topological polar surface area (TPSA) is 33.7 Å². The van der Waals surface area contributed by atoms with Gasteiger partial charge in [0.05, 0.1) is 6.61 Å². The first kappa shape index (κ1) is 16.8. The summed E-state index contributed by atoms with van der Waals surface area (Å²) >= 11 is 0. The molecular formula is C13H30N2O2. The van der Waals surface area contributed by atoms with E-state index < -0.39 is 0 Å². The summed E-state index contributed by atoms with van der Waals surface area (Å²) in [6.07, 6.45) is 1.10. The summed E-state index contributed by atoms with van der Waals surface area (Å²) < 4.78 is 10.6. The van der Waals surface area contributed by atoms with E-state index in [2.05, 4.69) is 17.1 Å². The van der Waals surface area contributed by atoms with Gasteiger partial charge in [0.25, 0.3) is 0 Å². The van der Waals surface area contributed by atoms with Crippen LogP contribution in [0.25, 0.3) is 0 Å². The normalized spacial score (nSPS) is 11.3. The van der Waals surface area contributed by atoms with Crippen LogP contribution in [0.2, 0.25) is 0 Å². The van der Waals surface area contributed by atoms with E-state index in [0.29, 0.717) is 0 Å². The van der Waals surface area contributed by atoms with Crippen molar-refractivity contribution < 1.29 is 9.47 Å². The van der Waals surface area contributed by atoms with Crippen molar-refractivity contribution in [2.24, 2.45) is 0 Å². The van der Waals surface area contributed by atoms with Gasteiger partial charge in [-0.3, -0.25) is 0 Å². The van der Waals surface area contributed by atoms with Gasteiger partial charge in [0, 0.05) is 39.5 Å². The molecule has 0 rings (SSSR count). The lowest BCUT2D eigenvalue weighted by Crippen LogP contribution is -2.34. The van der Waals surface area contributed by atoms with E-state index in [1.807, 2.05) is 13.8 Å². The maximum atomic E-state index is 5.36. The van der Waals surface area contributed by atoms with Crippen LogP contribution < -0.4 is 5.32 Å². The van der Waals surface area contributed by atoms with E-state index in [-0.39, 0.29) is 0 Å². The minimum absolute atomic E-state index is 0.813. The van der Waals surface area contributed by atoms with Crippen LogP contribution in [0, 0.1) is 0 Å². The molecule has 0 aliphatic carbocycles. The molecular weight excluding hydrogens is 216 g/mol. The highest BCUT2D eigenvalue weighted by molar-refractivity contribution is 4.57. The Labute approximate surface area is 107 Å². The Hall–Kier alpha value is -0.160. The van der Waals surface area contributed by atoms with Crippen molar-refractivity contribution in [1.29, 1.82) is 0 Å². The van der Waals surface area contributed by atoms with Gasteiger partial charge >= 0.3 is 0 Å². The molecule has 0 aliphatic rings. The molecule has 0 saturated carbocycles. The van der Waals surface area contributed by atoms with Crippen molar-refractivity contribution in [3.63, 3.8) is 0 Å². The lowest BCUT2D eigenvalue weighted by Gasteiger charge is -2.20. The van der Waals surface area contributed by atoms with E-state index in [1.165, 1.54) is 0 Å². The van der Waals surface area contributed by atoms with Crippen molar-refractivity contribution in [1.82, 2.24) is 10.2 Å². The Morgan fingerprint density at radius 3 is 2.24 bits per heavy atom. The van der Waals surface area contributed by atoms with Crippen molar-refractivity contribution in [3.05, 3.63) is 0 Å². The second-order valence-electron chi connectivity index (χ2n) is 3.93. The number of likely N-dealkylation sites (N-methyl/N-ethyl adjacent to an activating group) is 1. The Balaban J connectivity index is 3.25. The minimum atomic E-state index is 0.813. The molecule has 104 valence electrons. The zero-order chi connectivity index (χ0) is 12.8. The molecule has 4 nitrogen and oxygen atoms in total. The summed E-state index contributed by atoms with van der Waals surface area (Å²) in [5.41, 5.74) is 0. The fourth-order valence-electron chi connectivity index (χ4n) is 1.57. The lowest BCUT2D eigenvalue weighted by molar-refractivity contribution is 0.115. The molecule has 0 heterocycles. The number of hydrogen-bond acceptors (Lipinski definition) is 4. The zero-order valence-electron chi connectivity index (χ0n) is 11.8. The Morgan fingerprint density at radius 2 is 1.59 bits per heavy atom. The molecule has 0 atom stereocenters. The monoisotopic (exact) mass is 246 g/mol. The van der Waals surface area contributed by atoms with E-state index in [0.717, 1.165) is 65.6 Å². The van der Waals surface area contributed by atoms with Crippen LogP contribution in [0.5, 0.6) is 0 Å². The first-order valence-corrected chi connectivity index (χ1v) is 6.93. The third-order valence-electron chi connectivity index (χ3n) is 2.65. The molecule has 0 amide bonds. The summed E-state index contributed by atoms with van der Waals surface area (Å²) in [5.74, 6) is 0. The minimum Gasteiger partial charge on any atom is -0.382 e. The second kappa shape index (κ2) is 13.9. The highest BCUT2D eigenvalue weighted by Gasteiger charge is 2.00. The smallest absolute Gasteiger partial charge is 0.0593 e. The highest BCUT2D eigenvalue weighted by Crippen LogP contribution is 1.87. The third kappa shape index (κ3) is 12.1. The van der Waals surface area contributed by atoms with Crippen LogP contribution in [0.1, 0.15) is 27.2 Å². The summed E-state index contributed by atoms with van der Waals surface area (Å²) in [6, 6.07) is 0. The van der Waals surface area contributed by atoms with E-state index in [1.54, 1.807) is 0 Å². The quantitative estimate of drug-likeness (QED) is 0.498. The molecule has 0 saturated heterocycles. The molecule has 4 heteroatoms. The van der Waals surface area contributed by atoms with Gasteiger partial charge in [-0.05, 0) is 33.4 Å². The molecule has 0 aromatic rings. The van der Waals surface area contributed by atoms with Gasteiger partial charge in [-0.25, -0.2) is 0 Å². The van der Waals surface area contributed by atoms with Gasteiger partial charge in [0.15, 0.2) is 0 Å². The molecule has 0 unspecified atom stereocenters. The highest BCUT2D eigenvalue weighted by atomic mass is 16.5. The van der Waals surface area contributed by atoms with Crippen LogP contribution in [-0.4, -0.2) is 64.1 Å². The summed E-state index contributed by atoms with van der Waals surface area (Å²) in [4.78, 5) is 2.41. The lowest BCUT2D eigenvalue weighted by atomic mass is 10.4. The van der Waals surface area contributed by atoms with E-state index in [4.69, 9.17) is 9.47 Å². The van der Waals surface area contributed by atoms with Crippen LogP contribution >= 0.6 is 0 Å². The first-order chi connectivity index (χ1) is 8.35. The fraction of sp³-hybridized carbons (Fsp3) is 1.00. The Bertz CT molecular complexity index is 145. The first-order valence-electron chi connectivity index (χ1n) is 6.93. The van der Waals surface area contributed by atoms with Gasteiger partial charge in [-0.2, -0.15) is 0 Å². The zero-order valence-corrected chi connectivity index (χ0v) is 11.8.